The minimum absolute atomic E-state index is 0.0254. The van der Waals surface area contributed by atoms with E-state index in [0.717, 1.165) is 37.9 Å². The smallest absolute Gasteiger partial charge is 0.231 e. The Morgan fingerprint density at radius 2 is 1.62 bits per heavy atom. The summed E-state index contributed by atoms with van der Waals surface area (Å²) >= 11 is 0. The third kappa shape index (κ3) is 3.94. The van der Waals surface area contributed by atoms with Crippen LogP contribution in [0.2, 0.25) is 0 Å². The molecule has 0 spiro atoms. The third-order valence-corrected chi connectivity index (χ3v) is 5.54. The van der Waals surface area contributed by atoms with Crippen LogP contribution in [-0.4, -0.2) is 48.9 Å². The van der Waals surface area contributed by atoms with E-state index >= 15 is 0 Å². The summed E-state index contributed by atoms with van der Waals surface area (Å²) in [7, 11) is 2.17. The van der Waals surface area contributed by atoms with Gasteiger partial charge in [-0.05, 0) is 63.7 Å². The van der Waals surface area contributed by atoms with Gasteiger partial charge < -0.3 is 9.80 Å². The molecule has 1 aromatic rings. The van der Waals surface area contributed by atoms with Gasteiger partial charge in [0.15, 0.2) is 11.6 Å². The largest absolute Gasteiger partial charge is 0.342 e. The Kier molecular flexibility index (Phi) is 5.49. The second-order valence-electron chi connectivity index (χ2n) is 7.09. The molecule has 2 aliphatic rings. The zero-order valence-electron chi connectivity index (χ0n) is 14.2. The van der Waals surface area contributed by atoms with Crippen LogP contribution in [0.1, 0.15) is 31.2 Å². The number of hydrogen-bond donors (Lipinski definition) is 0. The van der Waals surface area contributed by atoms with Gasteiger partial charge in [-0.15, -0.1) is 0 Å². The zero-order chi connectivity index (χ0) is 17.1. The first-order chi connectivity index (χ1) is 11.5. The number of halogens is 2. The summed E-state index contributed by atoms with van der Waals surface area (Å²) in [4.78, 5) is 16.5. The zero-order valence-corrected chi connectivity index (χ0v) is 14.2. The highest BCUT2D eigenvalue weighted by Gasteiger charge is 2.30. The van der Waals surface area contributed by atoms with Crippen LogP contribution in [0.25, 0.3) is 0 Å². The Balaban J connectivity index is 1.51. The number of nitrogens with zero attached hydrogens (tertiary/aromatic N) is 2. The normalized spacial score (nSPS) is 21.2. The Bertz CT molecular complexity index is 577. The lowest BCUT2D eigenvalue weighted by Gasteiger charge is -2.39. The molecule has 131 valence electrons. The molecule has 2 saturated heterocycles. The van der Waals surface area contributed by atoms with Gasteiger partial charge in [0.1, 0.15) is 0 Å². The van der Waals surface area contributed by atoms with Gasteiger partial charge in [0.25, 0.3) is 0 Å². The number of benzene rings is 1. The van der Waals surface area contributed by atoms with Gasteiger partial charge in [0.2, 0.25) is 5.91 Å². The summed E-state index contributed by atoms with van der Waals surface area (Å²) in [5, 5.41) is 0. The lowest BCUT2D eigenvalue weighted by molar-refractivity contribution is -0.128. The van der Waals surface area contributed by atoms with Crippen molar-refractivity contribution in [3.8, 4) is 0 Å². The van der Waals surface area contributed by atoms with Crippen molar-refractivity contribution in [2.45, 2.75) is 25.7 Å². The first-order valence-electron chi connectivity index (χ1n) is 8.81. The number of rotatable bonds is 3. The van der Waals surface area contributed by atoms with Gasteiger partial charge in [-0.3, -0.25) is 4.79 Å². The molecule has 24 heavy (non-hydrogen) atoms. The fourth-order valence-corrected chi connectivity index (χ4v) is 3.95. The number of likely N-dealkylation sites (tertiary alicyclic amines) is 2. The fourth-order valence-electron chi connectivity index (χ4n) is 3.95. The predicted octanol–water partition coefficient (Wildman–Crippen LogP) is 3.10. The molecule has 0 saturated carbocycles. The lowest BCUT2D eigenvalue weighted by atomic mass is 9.79. The van der Waals surface area contributed by atoms with Gasteiger partial charge >= 0.3 is 0 Å². The molecule has 0 N–H and O–H groups in total. The van der Waals surface area contributed by atoms with Gasteiger partial charge in [-0.1, -0.05) is 12.1 Å². The van der Waals surface area contributed by atoms with Crippen molar-refractivity contribution in [2.24, 2.45) is 11.8 Å². The van der Waals surface area contributed by atoms with Crippen molar-refractivity contribution in [1.82, 2.24) is 9.80 Å². The maximum atomic E-state index is 13.7. The van der Waals surface area contributed by atoms with E-state index in [1.165, 1.54) is 31.4 Å². The van der Waals surface area contributed by atoms with Crippen molar-refractivity contribution in [1.29, 1.82) is 0 Å². The van der Waals surface area contributed by atoms with E-state index in [2.05, 4.69) is 11.9 Å². The Morgan fingerprint density at radius 3 is 2.25 bits per heavy atom. The van der Waals surface area contributed by atoms with E-state index in [4.69, 9.17) is 0 Å². The second-order valence-corrected chi connectivity index (χ2v) is 7.09. The molecule has 2 aliphatic heterocycles. The number of carbonyl (C=O) groups is 1. The molecule has 3 rings (SSSR count). The summed E-state index contributed by atoms with van der Waals surface area (Å²) in [6, 6.07) is 3.91. The van der Waals surface area contributed by atoms with Gasteiger partial charge in [-0.2, -0.15) is 0 Å². The third-order valence-electron chi connectivity index (χ3n) is 5.54. The minimum Gasteiger partial charge on any atom is -0.342 e. The first-order valence-corrected chi connectivity index (χ1v) is 8.81. The van der Waals surface area contributed by atoms with Crippen molar-refractivity contribution in [3.05, 3.63) is 41.8 Å². The highest BCUT2D eigenvalue weighted by molar-refractivity contribution is 5.88. The Morgan fingerprint density at radius 1 is 1.04 bits per heavy atom. The van der Waals surface area contributed by atoms with Crippen molar-refractivity contribution < 1.29 is 13.6 Å². The number of hydrogen-bond acceptors (Lipinski definition) is 2. The summed E-state index contributed by atoms with van der Waals surface area (Å²) in [6.45, 7) is 3.75. The fraction of sp³-hybridized carbons (Fsp3) is 0.579. The van der Waals surface area contributed by atoms with Gasteiger partial charge in [-0.25, -0.2) is 8.78 Å². The molecular formula is C19H25F2N2O. The summed E-state index contributed by atoms with van der Waals surface area (Å²) in [5.41, 5.74) is 0.0254. The van der Waals surface area contributed by atoms with Crippen molar-refractivity contribution >= 4 is 5.91 Å². The van der Waals surface area contributed by atoms with Crippen LogP contribution >= 0.6 is 0 Å². The quantitative estimate of drug-likeness (QED) is 0.847. The van der Waals surface area contributed by atoms with Crippen LogP contribution in [0.3, 0.4) is 0 Å². The molecule has 0 unspecified atom stereocenters. The van der Waals surface area contributed by atoms with E-state index in [1.54, 1.807) is 4.90 Å². The van der Waals surface area contributed by atoms with Crippen LogP contribution in [-0.2, 0) is 4.79 Å². The molecule has 3 nitrogen and oxygen atoms in total. The van der Waals surface area contributed by atoms with E-state index in [1.807, 2.05) is 0 Å². The van der Waals surface area contributed by atoms with Crippen molar-refractivity contribution in [2.75, 3.05) is 33.2 Å². The average Bonchev–Trinajstić information content (AvgIpc) is 2.60. The van der Waals surface area contributed by atoms with Crippen LogP contribution in [0, 0.1) is 29.9 Å². The average molecular weight is 335 g/mol. The lowest BCUT2D eigenvalue weighted by Crippen LogP contribution is -2.42. The van der Waals surface area contributed by atoms with E-state index in [9.17, 15) is 13.6 Å². The van der Waals surface area contributed by atoms with Crippen LogP contribution in [0.5, 0.6) is 0 Å². The second kappa shape index (κ2) is 7.60. The summed E-state index contributed by atoms with van der Waals surface area (Å²) in [6.07, 6.45) is 5.74. The van der Waals surface area contributed by atoms with Crippen LogP contribution < -0.4 is 0 Å². The maximum Gasteiger partial charge on any atom is 0.231 e. The number of carbonyl (C=O) groups excluding carboxylic acids is 1. The molecule has 5 heteroatoms. The number of amides is 1. The molecule has 1 radical (unpaired) electrons. The van der Waals surface area contributed by atoms with E-state index in [-0.39, 0.29) is 11.5 Å². The summed E-state index contributed by atoms with van der Waals surface area (Å²) < 4.78 is 26.9. The van der Waals surface area contributed by atoms with Crippen LogP contribution in [0.4, 0.5) is 8.78 Å². The van der Waals surface area contributed by atoms with E-state index in [0.29, 0.717) is 19.0 Å². The predicted molar refractivity (Wildman–Crippen MR) is 89.3 cm³/mol. The molecule has 1 aromatic carbocycles. The SMILES string of the molecule is CN1CCC(C2CCN(C(=O)[CH]c3cccc(F)c3F)CC2)CC1. The Hall–Kier alpha value is -1.49. The molecule has 2 fully saturated rings. The molecule has 0 atom stereocenters. The standard InChI is InChI=1S/C19H25F2N2O/c1-22-9-5-14(6-10-22)15-7-11-23(12-8-15)18(24)13-16-3-2-4-17(20)19(16)21/h2-4,13-15H,5-12H2,1H3. The number of piperidine rings is 2. The van der Waals surface area contributed by atoms with E-state index < -0.39 is 11.6 Å². The maximum absolute atomic E-state index is 13.7. The topological polar surface area (TPSA) is 23.6 Å². The molecule has 0 aromatic heterocycles. The van der Waals surface area contributed by atoms with Gasteiger partial charge in [0, 0.05) is 18.7 Å². The van der Waals surface area contributed by atoms with Crippen LogP contribution in [0.15, 0.2) is 18.2 Å². The molecule has 0 bridgehead atoms. The molecular weight excluding hydrogens is 310 g/mol. The first kappa shape index (κ1) is 17.3. The minimum atomic E-state index is -0.952. The molecule has 2 heterocycles. The Labute approximate surface area is 142 Å². The summed E-state index contributed by atoms with van der Waals surface area (Å²) in [5.74, 6) is -0.636. The van der Waals surface area contributed by atoms with Gasteiger partial charge in [0.05, 0.1) is 6.42 Å². The highest BCUT2D eigenvalue weighted by atomic mass is 19.2. The van der Waals surface area contributed by atoms with Crippen molar-refractivity contribution in [3.63, 3.8) is 0 Å². The molecule has 0 aliphatic carbocycles. The highest BCUT2D eigenvalue weighted by Crippen LogP contribution is 2.32. The monoisotopic (exact) mass is 335 g/mol. The molecule has 1 amide bonds.